The van der Waals surface area contributed by atoms with Crippen molar-refractivity contribution < 1.29 is 13.2 Å². The summed E-state index contributed by atoms with van der Waals surface area (Å²) in [5.74, 6) is -1.11. The minimum absolute atomic E-state index is 0.120. The number of carbonyl (C=O) groups excluding carboxylic acids is 1. The SMILES string of the molecule is NCCNC(=O)CS(=O)(=O)c1cccc(Br)c1. The Labute approximate surface area is 108 Å². The van der Waals surface area contributed by atoms with Crippen LogP contribution in [0.15, 0.2) is 33.6 Å². The summed E-state index contributed by atoms with van der Waals surface area (Å²) in [7, 11) is -3.60. The van der Waals surface area contributed by atoms with E-state index in [0.717, 1.165) is 0 Å². The minimum atomic E-state index is -3.60. The topological polar surface area (TPSA) is 89.3 Å². The van der Waals surface area contributed by atoms with Crippen molar-refractivity contribution in [1.29, 1.82) is 0 Å². The first-order chi connectivity index (χ1) is 7.95. The van der Waals surface area contributed by atoms with Gasteiger partial charge in [0, 0.05) is 17.6 Å². The third kappa shape index (κ3) is 4.45. The molecule has 0 fully saturated rings. The number of nitrogens with two attached hydrogens (primary N) is 1. The number of halogens is 1. The van der Waals surface area contributed by atoms with Crippen LogP contribution in [0, 0.1) is 0 Å². The average molecular weight is 321 g/mol. The number of amides is 1. The Morgan fingerprint density at radius 1 is 1.41 bits per heavy atom. The monoisotopic (exact) mass is 320 g/mol. The molecule has 0 aliphatic heterocycles. The highest BCUT2D eigenvalue weighted by molar-refractivity contribution is 9.10. The van der Waals surface area contributed by atoms with Gasteiger partial charge in [0.2, 0.25) is 5.91 Å². The molecule has 0 aliphatic rings. The molecular formula is C10H13BrN2O3S. The van der Waals surface area contributed by atoms with E-state index < -0.39 is 21.5 Å². The number of rotatable bonds is 5. The third-order valence-corrected chi connectivity index (χ3v) is 4.05. The Morgan fingerprint density at radius 3 is 2.71 bits per heavy atom. The summed E-state index contributed by atoms with van der Waals surface area (Å²) in [4.78, 5) is 11.4. The lowest BCUT2D eigenvalue weighted by molar-refractivity contribution is -0.118. The maximum atomic E-state index is 11.8. The number of benzene rings is 1. The maximum Gasteiger partial charge on any atom is 0.235 e. The first kappa shape index (κ1) is 14.1. The summed E-state index contributed by atoms with van der Waals surface area (Å²) in [6, 6.07) is 6.24. The minimum Gasteiger partial charge on any atom is -0.354 e. The van der Waals surface area contributed by atoms with Gasteiger partial charge < -0.3 is 11.1 Å². The van der Waals surface area contributed by atoms with E-state index in [1.807, 2.05) is 0 Å². The molecule has 0 saturated carbocycles. The van der Waals surface area contributed by atoms with Gasteiger partial charge in [-0.1, -0.05) is 22.0 Å². The van der Waals surface area contributed by atoms with E-state index in [9.17, 15) is 13.2 Å². The molecule has 5 nitrogen and oxygen atoms in total. The molecule has 0 aromatic heterocycles. The van der Waals surface area contributed by atoms with Crippen LogP contribution >= 0.6 is 15.9 Å². The van der Waals surface area contributed by atoms with Crippen LogP contribution in [0.5, 0.6) is 0 Å². The quantitative estimate of drug-likeness (QED) is 0.816. The number of hydrogen-bond donors (Lipinski definition) is 2. The second-order valence-corrected chi connectivity index (χ2v) is 6.26. The molecule has 0 atom stereocenters. The van der Waals surface area contributed by atoms with Crippen LogP contribution in [-0.2, 0) is 14.6 Å². The van der Waals surface area contributed by atoms with Crippen molar-refractivity contribution >= 4 is 31.7 Å². The first-order valence-corrected chi connectivity index (χ1v) is 7.35. The Balaban J connectivity index is 2.79. The van der Waals surface area contributed by atoms with E-state index in [0.29, 0.717) is 4.47 Å². The van der Waals surface area contributed by atoms with Crippen molar-refractivity contribution in [3.63, 3.8) is 0 Å². The van der Waals surface area contributed by atoms with E-state index in [1.165, 1.54) is 12.1 Å². The zero-order valence-electron chi connectivity index (χ0n) is 9.02. The zero-order valence-corrected chi connectivity index (χ0v) is 11.4. The van der Waals surface area contributed by atoms with Crippen molar-refractivity contribution in [2.75, 3.05) is 18.8 Å². The normalized spacial score (nSPS) is 11.2. The predicted octanol–water partition coefficient (Wildman–Crippen LogP) is 0.298. The molecule has 0 unspecified atom stereocenters. The van der Waals surface area contributed by atoms with E-state index in [-0.39, 0.29) is 18.0 Å². The summed E-state index contributed by atoms with van der Waals surface area (Å²) < 4.78 is 24.3. The molecule has 0 bridgehead atoms. The molecule has 0 heterocycles. The van der Waals surface area contributed by atoms with Gasteiger partial charge in [0.15, 0.2) is 9.84 Å². The van der Waals surface area contributed by atoms with Crippen LogP contribution in [-0.4, -0.2) is 33.2 Å². The third-order valence-electron chi connectivity index (χ3n) is 1.94. The van der Waals surface area contributed by atoms with E-state index >= 15 is 0 Å². The summed E-state index contributed by atoms with van der Waals surface area (Å²) in [6.07, 6.45) is 0. The fourth-order valence-corrected chi connectivity index (χ4v) is 2.94. The van der Waals surface area contributed by atoms with Crippen LogP contribution < -0.4 is 11.1 Å². The molecule has 7 heteroatoms. The summed E-state index contributed by atoms with van der Waals surface area (Å²) in [5, 5.41) is 2.42. The summed E-state index contributed by atoms with van der Waals surface area (Å²) >= 11 is 3.18. The molecule has 0 spiro atoms. The van der Waals surface area contributed by atoms with Crippen LogP contribution in [0.1, 0.15) is 0 Å². The average Bonchev–Trinajstić information content (AvgIpc) is 2.26. The smallest absolute Gasteiger partial charge is 0.235 e. The molecule has 1 aromatic carbocycles. The molecule has 94 valence electrons. The number of nitrogens with one attached hydrogen (secondary N) is 1. The lowest BCUT2D eigenvalue weighted by Crippen LogP contribution is -2.33. The van der Waals surface area contributed by atoms with Gasteiger partial charge in [-0.2, -0.15) is 0 Å². The van der Waals surface area contributed by atoms with Gasteiger partial charge in [-0.3, -0.25) is 4.79 Å². The molecule has 0 saturated heterocycles. The number of carbonyl (C=O) groups is 1. The van der Waals surface area contributed by atoms with Crippen molar-refractivity contribution in [1.82, 2.24) is 5.32 Å². The van der Waals surface area contributed by atoms with E-state index in [4.69, 9.17) is 5.73 Å². The second-order valence-electron chi connectivity index (χ2n) is 3.36. The van der Waals surface area contributed by atoms with Crippen LogP contribution in [0.2, 0.25) is 0 Å². The van der Waals surface area contributed by atoms with Gasteiger partial charge in [0.05, 0.1) is 4.90 Å². The standard InChI is InChI=1S/C10H13BrN2O3S/c11-8-2-1-3-9(6-8)17(15,16)7-10(14)13-5-4-12/h1-3,6H,4-5,7,12H2,(H,13,14). The van der Waals surface area contributed by atoms with Gasteiger partial charge >= 0.3 is 0 Å². The van der Waals surface area contributed by atoms with Crippen LogP contribution in [0.25, 0.3) is 0 Å². The predicted molar refractivity (Wildman–Crippen MR) is 68.3 cm³/mol. The molecule has 3 N–H and O–H groups in total. The molecular weight excluding hydrogens is 308 g/mol. The van der Waals surface area contributed by atoms with Gasteiger partial charge in [-0.05, 0) is 18.2 Å². The number of hydrogen-bond acceptors (Lipinski definition) is 4. The lowest BCUT2D eigenvalue weighted by Gasteiger charge is -2.05. The fourth-order valence-electron chi connectivity index (χ4n) is 1.18. The van der Waals surface area contributed by atoms with Gasteiger partial charge in [0.1, 0.15) is 5.75 Å². The van der Waals surface area contributed by atoms with E-state index in [1.54, 1.807) is 12.1 Å². The Bertz CT molecular complexity index is 502. The summed E-state index contributed by atoms with van der Waals surface area (Å²) in [5.41, 5.74) is 5.20. The Hall–Kier alpha value is -0.920. The lowest BCUT2D eigenvalue weighted by atomic mass is 10.4. The molecule has 1 aromatic rings. The van der Waals surface area contributed by atoms with E-state index in [2.05, 4.69) is 21.2 Å². The Morgan fingerprint density at radius 2 is 2.12 bits per heavy atom. The largest absolute Gasteiger partial charge is 0.354 e. The van der Waals surface area contributed by atoms with Crippen LogP contribution in [0.3, 0.4) is 0 Å². The van der Waals surface area contributed by atoms with Crippen molar-refractivity contribution in [3.8, 4) is 0 Å². The maximum absolute atomic E-state index is 11.8. The highest BCUT2D eigenvalue weighted by atomic mass is 79.9. The Kier molecular flexibility index (Phi) is 5.10. The number of sulfone groups is 1. The molecule has 0 radical (unpaired) electrons. The molecule has 1 amide bonds. The first-order valence-electron chi connectivity index (χ1n) is 4.91. The van der Waals surface area contributed by atoms with Crippen LogP contribution in [0.4, 0.5) is 0 Å². The van der Waals surface area contributed by atoms with Gasteiger partial charge in [0.25, 0.3) is 0 Å². The second kappa shape index (κ2) is 6.13. The summed E-state index contributed by atoms with van der Waals surface area (Å²) in [6.45, 7) is 0.551. The molecule has 0 aliphatic carbocycles. The highest BCUT2D eigenvalue weighted by Gasteiger charge is 2.18. The zero-order chi connectivity index (χ0) is 12.9. The molecule has 1 rings (SSSR count). The highest BCUT2D eigenvalue weighted by Crippen LogP contribution is 2.17. The van der Waals surface area contributed by atoms with Crippen molar-refractivity contribution in [2.45, 2.75) is 4.90 Å². The van der Waals surface area contributed by atoms with Gasteiger partial charge in [-0.25, -0.2) is 8.42 Å². The van der Waals surface area contributed by atoms with Crippen molar-refractivity contribution in [3.05, 3.63) is 28.7 Å². The fraction of sp³-hybridized carbons (Fsp3) is 0.300. The van der Waals surface area contributed by atoms with Crippen molar-refractivity contribution in [2.24, 2.45) is 5.73 Å². The van der Waals surface area contributed by atoms with Gasteiger partial charge in [-0.15, -0.1) is 0 Å². The molecule has 17 heavy (non-hydrogen) atoms.